The molecule has 0 aliphatic carbocycles. The molecule has 1 rings (SSSR count). The van der Waals surface area contributed by atoms with Gasteiger partial charge in [0.25, 0.3) is 0 Å². The average Bonchev–Trinajstić information content (AvgIpc) is 2.36. The van der Waals surface area contributed by atoms with Gasteiger partial charge in [-0.25, -0.2) is 8.42 Å². The lowest BCUT2D eigenvalue weighted by molar-refractivity contribution is 0.157. The normalized spacial score (nSPS) is 19.9. The van der Waals surface area contributed by atoms with Gasteiger partial charge in [-0.1, -0.05) is 13.3 Å². The van der Waals surface area contributed by atoms with Crippen molar-refractivity contribution >= 4 is 10.0 Å². The van der Waals surface area contributed by atoms with Gasteiger partial charge in [0, 0.05) is 26.2 Å². The number of hydrogen-bond acceptors (Lipinski definition) is 5. The summed E-state index contributed by atoms with van der Waals surface area (Å²) in [6.45, 7) is 3.88. The van der Waals surface area contributed by atoms with Gasteiger partial charge in [0.15, 0.2) is 5.75 Å². The Morgan fingerprint density at radius 1 is 1.22 bits per heavy atom. The number of rotatable bonds is 5. The summed E-state index contributed by atoms with van der Waals surface area (Å²) in [5.74, 6) is -0.469. The number of piperazine rings is 1. The zero-order valence-electron chi connectivity index (χ0n) is 10.5. The van der Waals surface area contributed by atoms with E-state index < -0.39 is 15.8 Å². The summed E-state index contributed by atoms with van der Waals surface area (Å²) in [6.07, 6.45) is 1.74. The van der Waals surface area contributed by atoms with Crippen LogP contribution in [0.15, 0.2) is 0 Å². The Morgan fingerprint density at radius 2 is 1.83 bits per heavy atom. The van der Waals surface area contributed by atoms with Crippen LogP contribution in [-0.2, 0) is 10.0 Å². The Labute approximate surface area is 108 Å². The summed E-state index contributed by atoms with van der Waals surface area (Å²) in [4.78, 5) is 2.02. The first kappa shape index (κ1) is 14.9. The fourth-order valence-corrected chi connectivity index (χ4v) is 3.13. The monoisotopic (exact) mass is 270 g/mol. The molecule has 100 valence electrons. The third-order valence-corrected chi connectivity index (χ3v) is 4.71. The summed E-state index contributed by atoms with van der Waals surface area (Å²) < 4.78 is 24.7. The van der Waals surface area contributed by atoms with Crippen molar-refractivity contribution < 1.29 is 8.42 Å². The van der Waals surface area contributed by atoms with E-state index in [1.807, 2.05) is 11.8 Å². The molecule has 0 radical (unpaired) electrons. The highest BCUT2D eigenvalue weighted by molar-refractivity contribution is 7.89. The van der Waals surface area contributed by atoms with Gasteiger partial charge in [0.1, 0.15) is 0 Å². The second-order valence-corrected chi connectivity index (χ2v) is 6.25. The number of nitrogens with zero attached hydrogens (tertiary/aromatic N) is 4. The molecule has 0 spiro atoms. The third kappa shape index (κ3) is 3.67. The molecule has 0 amide bonds. The topological polar surface area (TPSA) is 88.2 Å². The van der Waals surface area contributed by atoms with Crippen LogP contribution >= 0.6 is 0 Å². The van der Waals surface area contributed by atoms with Gasteiger partial charge in [-0.15, -0.1) is 0 Å². The molecule has 7 heteroatoms. The lowest BCUT2D eigenvalue weighted by atomic mass is 10.1. The van der Waals surface area contributed by atoms with Crippen molar-refractivity contribution in [2.75, 3.05) is 31.9 Å². The van der Waals surface area contributed by atoms with Gasteiger partial charge < -0.3 is 0 Å². The Hall–Kier alpha value is -1.15. The minimum atomic E-state index is -3.44. The number of hydrogen-bond donors (Lipinski definition) is 0. The smallest absolute Gasteiger partial charge is 0.227 e. The average molecular weight is 270 g/mol. The lowest BCUT2D eigenvalue weighted by Gasteiger charge is -2.35. The van der Waals surface area contributed by atoms with Crippen molar-refractivity contribution in [3.63, 3.8) is 0 Å². The largest absolute Gasteiger partial charge is 0.285 e. The third-order valence-electron chi connectivity index (χ3n) is 3.07. The maximum absolute atomic E-state index is 11.7. The predicted molar refractivity (Wildman–Crippen MR) is 66.9 cm³/mol. The molecule has 0 aromatic carbocycles. The van der Waals surface area contributed by atoms with Gasteiger partial charge in [-0.3, -0.25) is 4.90 Å². The van der Waals surface area contributed by atoms with Gasteiger partial charge in [0.2, 0.25) is 10.0 Å². The van der Waals surface area contributed by atoms with Gasteiger partial charge >= 0.3 is 0 Å². The van der Waals surface area contributed by atoms with Crippen LogP contribution in [0.25, 0.3) is 0 Å². The molecule has 0 aromatic rings. The summed E-state index contributed by atoms with van der Waals surface area (Å²) in [6, 6.07) is 3.80. The highest BCUT2D eigenvalue weighted by Gasteiger charge is 2.29. The van der Waals surface area contributed by atoms with Gasteiger partial charge in [0.05, 0.1) is 18.2 Å². The molecule has 1 fully saturated rings. The van der Waals surface area contributed by atoms with E-state index in [0.717, 1.165) is 12.8 Å². The number of sulfonamides is 1. The van der Waals surface area contributed by atoms with Crippen molar-refractivity contribution in [1.82, 2.24) is 9.21 Å². The Bertz CT molecular complexity index is 441. The van der Waals surface area contributed by atoms with Gasteiger partial charge in [-0.2, -0.15) is 14.8 Å². The summed E-state index contributed by atoms with van der Waals surface area (Å²) in [7, 11) is -3.44. The molecule has 0 aromatic heterocycles. The van der Waals surface area contributed by atoms with E-state index in [1.165, 1.54) is 4.31 Å². The fourth-order valence-electron chi connectivity index (χ4n) is 2.07. The maximum atomic E-state index is 11.7. The van der Waals surface area contributed by atoms with Crippen LogP contribution in [0.1, 0.15) is 19.8 Å². The molecule has 1 aliphatic rings. The minimum absolute atomic E-state index is 0.129. The van der Waals surface area contributed by atoms with Gasteiger partial charge in [-0.05, 0) is 6.42 Å². The highest BCUT2D eigenvalue weighted by Crippen LogP contribution is 2.13. The zero-order valence-corrected chi connectivity index (χ0v) is 11.4. The van der Waals surface area contributed by atoms with Crippen LogP contribution in [0.3, 0.4) is 0 Å². The molecule has 18 heavy (non-hydrogen) atoms. The van der Waals surface area contributed by atoms with Crippen molar-refractivity contribution in [3.8, 4) is 12.1 Å². The van der Waals surface area contributed by atoms with Crippen molar-refractivity contribution in [2.24, 2.45) is 0 Å². The molecule has 1 atom stereocenters. The molecule has 0 saturated carbocycles. The zero-order chi connectivity index (χ0) is 13.6. The maximum Gasteiger partial charge on any atom is 0.227 e. The molecule has 1 heterocycles. The predicted octanol–water partition coefficient (Wildman–Crippen LogP) is 0.150. The number of nitriles is 2. The SMILES string of the molecule is CCCC(C#N)N1CCN(S(=O)(=O)CC#N)CC1. The Kier molecular flexibility index (Phi) is 5.54. The van der Waals surface area contributed by atoms with E-state index in [0.29, 0.717) is 26.2 Å². The lowest BCUT2D eigenvalue weighted by Crippen LogP contribution is -2.52. The Morgan fingerprint density at radius 3 is 2.28 bits per heavy atom. The molecule has 1 unspecified atom stereocenters. The highest BCUT2D eigenvalue weighted by atomic mass is 32.2. The molecule has 1 aliphatic heterocycles. The van der Waals surface area contributed by atoms with E-state index in [1.54, 1.807) is 6.07 Å². The van der Waals surface area contributed by atoms with Crippen molar-refractivity contribution in [3.05, 3.63) is 0 Å². The quantitative estimate of drug-likeness (QED) is 0.709. The summed E-state index contributed by atoms with van der Waals surface area (Å²) >= 11 is 0. The second-order valence-electron chi connectivity index (χ2n) is 4.28. The first-order valence-electron chi connectivity index (χ1n) is 6.03. The molecule has 0 bridgehead atoms. The van der Waals surface area contributed by atoms with E-state index in [9.17, 15) is 8.42 Å². The van der Waals surface area contributed by atoms with Crippen LogP contribution in [0, 0.1) is 22.7 Å². The molecular weight excluding hydrogens is 252 g/mol. The first-order chi connectivity index (χ1) is 8.55. The first-order valence-corrected chi connectivity index (χ1v) is 7.64. The van der Waals surface area contributed by atoms with Crippen molar-refractivity contribution in [1.29, 1.82) is 10.5 Å². The van der Waals surface area contributed by atoms with Crippen molar-refractivity contribution in [2.45, 2.75) is 25.8 Å². The molecule has 1 saturated heterocycles. The minimum Gasteiger partial charge on any atom is -0.285 e. The van der Waals surface area contributed by atoms with E-state index >= 15 is 0 Å². The molecule has 0 N–H and O–H groups in total. The van der Waals surface area contributed by atoms with E-state index in [4.69, 9.17) is 10.5 Å². The van der Waals surface area contributed by atoms with Crippen LogP contribution in [0.2, 0.25) is 0 Å². The van der Waals surface area contributed by atoms with Crippen LogP contribution in [-0.4, -0.2) is 55.6 Å². The fraction of sp³-hybridized carbons (Fsp3) is 0.818. The summed E-state index contributed by atoms with van der Waals surface area (Å²) in [5, 5.41) is 17.5. The Balaban J connectivity index is 2.56. The van der Waals surface area contributed by atoms with Crippen LogP contribution in [0.5, 0.6) is 0 Å². The van der Waals surface area contributed by atoms with E-state index in [-0.39, 0.29) is 6.04 Å². The standard InChI is InChI=1S/C11H18N4O2S/c1-2-3-11(10-13)14-5-7-15(8-6-14)18(16,17)9-4-12/h11H,2-3,5-9H2,1H3. The molecular formula is C11H18N4O2S. The van der Waals surface area contributed by atoms with Crippen LogP contribution < -0.4 is 0 Å². The summed E-state index contributed by atoms with van der Waals surface area (Å²) in [5.41, 5.74) is 0. The van der Waals surface area contributed by atoms with Crippen LogP contribution in [0.4, 0.5) is 0 Å². The second kappa shape index (κ2) is 6.69. The van der Waals surface area contributed by atoms with E-state index in [2.05, 4.69) is 6.07 Å². The molecule has 6 nitrogen and oxygen atoms in total.